The number of hydrogen-bond donors (Lipinski definition) is 1. The van der Waals surface area contributed by atoms with Gasteiger partial charge in [0, 0.05) is 11.1 Å². The van der Waals surface area contributed by atoms with Gasteiger partial charge in [-0.2, -0.15) is 0 Å². The van der Waals surface area contributed by atoms with Gasteiger partial charge in [-0.05, 0) is 41.4 Å². The molecule has 1 aromatic carbocycles. The zero-order chi connectivity index (χ0) is 15.5. The zero-order valence-corrected chi connectivity index (χ0v) is 12.1. The number of carbonyl (C=O) groups is 3. The van der Waals surface area contributed by atoms with Crippen LogP contribution in [-0.2, 0) is 14.6 Å². The molecule has 1 N–H and O–H groups in total. The monoisotopic (exact) mass is 338 g/mol. The molecule has 0 atom stereocenters. The van der Waals surface area contributed by atoms with Gasteiger partial charge in [-0.15, -0.1) is 0 Å². The van der Waals surface area contributed by atoms with Crippen molar-refractivity contribution in [3.63, 3.8) is 0 Å². The average molecular weight is 339 g/mol. The molecule has 0 aromatic heterocycles. The molecule has 0 spiro atoms. The second kappa shape index (κ2) is 6.34. The third kappa shape index (κ3) is 4.29. The molecule has 0 saturated carbocycles. The normalized spacial score (nSPS) is 11.1. The summed E-state index contributed by atoms with van der Waals surface area (Å²) in [6.07, 6.45) is -0.606. The van der Waals surface area contributed by atoms with Crippen molar-refractivity contribution in [3.05, 3.63) is 29.3 Å². The smallest absolute Gasteiger partial charge is 0.304 e. The van der Waals surface area contributed by atoms with Crippen LogP contribution in [0.25, 0.3) is 0 Å². The van der Waals surface area contributed by atoms with E-state index in [1.165, 1.54) is 0 Å². The summed E-state index contributed by atoms with van der Waals surface area (Å²) in [5.74, 6) is -1.95. The topological polar surface area (TPSA) is 106 Å². The maximum atomic E-state index is 11.9. The molecule has 0 aliphatic carbocycles. The molecular weight excluding hydrogens is 331 g/mol. The number of rotatable bonds is 6. The Hall–Kier alpha value is -1.44. The fourth-order valence-electron chi connectivity index (χ4n) is 1.35. The van der Waals surface area contributed by atoms with Gasteiger partial charge >= 0.3 is 5.97 Å². The molecule has 0 aliphatic rings. The summed E-state index contributed by atoms with van der Waals surface area (Å²) in [4.78, 5) is 32.2. The van der Waals surface area contributed by atoms with E-state index in [1.54, 1.807) is 0 Å². The number of aliphatic carboxylic acids is 1. The van der Waals surface area contributed by atoms with E-state index in [2.05, 4.69) is 0 Å². The highest BCUT2D eigenvalue weighted by Gasteiger charge is 2.20. The quantitative estimate of drug-likeness (QED) is 0.791. The second-order valence-electron chi connectivity index (χ2n) is 3.76. The fourth-order valence-corrected chi connectivity index (χ4v) is 2.86. The fraction of sp³-hybridized carbons (Fsp3) is 0.182. The van der Waals surface area contributed by atoms with Gasteiger partial charge in [0.1, 0.15) is 0 Å². The minimum absolute atomic E-state index is 0.216. The van der Waals surface area contributed by atoms with E-state index in [9.17, 15) is 22.8 Å². The predicted octanol–water partition coefficient (Wildman–Crippen LogP) is 1.69. The van der Waals surface area contributed by atoms with E-state index in [4.69, 9.17) is 28.3 Å². The SMILES string of the molecule is O=C(O)CCS(=O)(=O)c1cc(C(=O)Cl)cc(C(=O)Cl)c1. The van der Waals surface area contributed by atoms with Crippen molar-refractivity contribution >= 4 is 49.5 Å². The van der Waals surface area contributed by atoms with Crippen LogP contribution in [0, 0.1) is 0 Å². The van der Waals surface area contributed by atoms with Crippen molar-refractivity contribution in [2.45, 2.75) is 11.3 Å². The Bertz CT molecular complexity index is 648. The standard InChI is InChI=1S/C11H8Cl2O6S/c12-10(16)6-3-7(11(13)17)5-8(4-6)20(18,19)2-1-9(14)15/h3-5H,1-2H2,(H,14,15). The van der Waals surface area contributed by atoms with Gasteiger partial charge in [0.2, 0.25) is 0 Å². The first-order valence-corrected chi connectivity index (χ1v) is 7.53. The maximum absolute atomic E-state index is 11.9. The van der Waals surface area contributed by atoms with Crippen LogP contribution in [0.1, 0.15) is 27.1 Å². The Morgan fingerprint density at radius 3 is 1.80 bits per heavy atom. The first kappa shape index (κ1) is 16.6. The van der Waals surface area contributed by atoms with E-state index in [-0.39, 0.29) is 16.0 Å². The van der Waals surface area contributed by atoms with Crippen LogP contribution in [0.2, 0.25) is 0 Å². The van der Waals surface area contributed by atoms with Crippen molar-refractivity contribution in [2.75, 3.05) is 5.75 Å². The van der Waals surface area contributed by atoms with Gasteiger partial charge in [-0.1, -0.05) is 0 Å². The molecule has 0 radical (unpaired) electrons. The lowest BCUT2D eigenvalue weighted by Crippen LogP contribution is -2.12. The van der Waals surface area contributed by atoms with Crippen LogP contribution in [0.3, 0.4) is 0 Å². The third-order valence-electron chi connectivity index (χ3n) is 2.30. The Morgan fingerprint density at radius 2 is 1.45 bits per heavy atom. The number of hydrogen-bond acceptors (Lipinski definition) is 5. The van der Waals surface area contributed by atoms with E-state index >= 15 is 0 Å². The van der Waals surface area contributed by atoms with Gasteiger partial charge in [0.15, 0.2) is 9.84 Å². The highest BCUT2D eigenvalue weighted by atomic mass is 35.5. The number of sulfone groups is 1. The number of halogens is 2. The highest BCUT2D eigenvalue weighted by molar-refractivity contribution is 7.91. The van der Waals surface area contributed by atoms with Crippen LogP contribution < -0.4 is 0 Å². The van der Waals surface area contributed by atoms with Crippen molar-refractivity contribution in [1.29, 1.82) is 0 Å². The molecule has 6 nitrogen and oxygen atoms in total. The molecule has 1 aromatic rings. The van der Waals surface area contributed by atoms with E-state index < -0.39 is 38.5 Å². The molecule has 0 saturated heterocycles. The lowest BCUT2D eigenvalue weighted by molar-refractivity contribution is -0.136. The molecule has 9 heteroatoms. The van der Waals surface area contributed by atoms with Crippen LogP contribution in [-0.4, -0.2) is 35.7 Å². The zero-order valence-electron chi connectivity index (χ0n) is 9.80. The molecule has 0 fully saturated rings. The summed E-state index contributed by atoms with van der Waals surface area (Å²) in [5.41, 5.74) is -0.431. The van der Waals surface area contributed by atoms with E-state index in [0.717, 1.165) is 18.2 Å². The Labute approximate surface area is 124 Å². The van der Waals surface area contributed by atoms with Crippen LogP contribution >= 0.6 is 23.2 Å². The van der Waals surface area contributed by atoms with Crippen LogP contribution in [0.4, 0.5) is 0 Å². The van der Waals surface area contributed by atoms with Gasteiger partial charge in [0.25, 0.3) is 10.5 Å². The average Bonchev–Trinajstić information content (AvgIpc) is 2.35. The molecule has 0 aliphatic heterocycles. The van der Waals surface area contributed by atoms with Crippen molar-refractivity contribution in [1.82, 2.24) is 0 Å². The molecule has 0 bridgehead atoms. The summed E-state index contributed by atoms with van der Waals surface area (Å²) in [6.45, 7) is 0. The highest BCUT2D eigenvalue weighted by Crippen LogP contribution is 2.20. The summed E-state index contributed by atoms with van der Waals surface area (Å²) in [7, 11) is -3.97. The predicted molar refractivity (Wildman–Crippen MR) is 71.1 cm³/mol. The van der Waals surface area contributed by atoms with Crippen LogP contribution in [0.15, 0.2) is 23.1 Å². The summed E-state index contributed by atoms with van der Waals surface area (Å²) >= 11 is 10.5. The molecule has 0 amide bonds. The minimum Gasteiger partial charge on any atom is -0.481 e. The number of benzene rings is 1. The second-order valence-corrected chi connectivity index (χ2v) is 6.55. The Balaban J connectivity index is 3.33. The Kier molecular flexibility index (Phi) is 5.27. The van der Waals surface area contributed by atoms with Crippen LogP contribution in [0.5, 0.6) is 0 Å². The molecule has 108 valence electrons. The number of carboxylic acids is 1. The van der Waals surface area contributed by atoms with Gasteiger partial charge in [-0.25, -0.2) is 8.42 Å². The minimum atomic E-state index is -3.97. The van der Waals surface area contributed by atoms with Gasteiger partial charge in [-0.3, -0.25) is 14.4 Å². The molecule has 1 rings (SSSR count). The maximum Gasteiger partial charge on any atom is 0.304 e. The molecule has 0 heterocycles. The molecular formula is C11H8Cl2O6S. The summed E-state index contributed by atoms with van der Waals surface area (Å²) in [5, 5.41) is 6.58. The van der Waals surface area contributed by atoms with E-state index in [0.29, 0.717) is 0 Å². The molecule has 20 heavy (non-hydrogen) atoms. The van der Waals surface area contributed by atoms with Gasteiger partial charge in [0.05, 0.1) is 17.1 Å². The Morgan fingerprint density at radius 1 is 1.00 bits per heavy atom. The third-order valence-corrected chi connectivity index (χ3v) is 4.44. The van der Waals surface area contributed by atoms with Crippen molar-refractivity contribution in [3.8, 4) is 0 Å². The summed E-state index contributed by atoms with van der Waals surface area (Å²) in [6, 6.07) is 2.99. The number of carboxylic acid groups (broad SMARTS) is 1. The lowest BCUT2D eigenvalue weighted by atomic mass is 10.1. The largest absolute Gasteiger partial charge is 0.481 e. The first-order valence-electron chi connectivity index (χ1n) is 5.13. The molecule has 0 unspecified atom stereocenters. The number of carbonyl (C=O) groups excluding carboxylic acids is 2. The lowest BCUT2D eigenvalue weighted by Gasteiger charge is -2.06. The van der Waals surface area contributed by atoms with Crippen molar-refractivity contribution in [2.24, 2.45) is 0 Å². The summed E-state index contributed by atoms with van der Waals surface area (Å²) < 4.78 is 23.8. The van der Waals surface area contributed by atoms with Gasteiger partial charge < -0.3 is 5.11 Å². The van der Waals surface area contributed by atoms with Crippen molar-refractivity contribution < 1.29 is 27.9 Å². The van der Waals surface area contributed by atoms with E-state index in [1.807, 2.05) is 0 Å². The first-order chi connectivity index (χ1) is 9.13.